The van der Waals surface area contributed by atoms with Gasteiger partial charge >= 0.3 is 6.03 Å². The van der Waals surface area contributed by atoms with Gasteiger partial charge in [0, 0.05) is 22.2 Å². The van der Waals surface area contributed by atoms with Gasteiger partial charge < -0.3 is 15.5 Å². The Kier molecular flexibility index (Phi) is 6.46. The molecule has 0 aromatic heterocycles. The van der Waals surface area contributed by atoms with Gasteiger partial charge in [0.05, 0.1) is 12.1 Å². The predicted octanol–water partition coefficient (Wildman–Crippen LogP) is 4.48. The minimum Gasteiger partial charge on any atom is -0.331 e. The molecule has 0 fully saturated rings. The Morgan fingerprint density at radius 1 is 1.27 bits per heavy atom. The van der Waals surface area contributed by atoms with Crippen molar-refractivity contribution in [3.8, 4) is 0 Å². The minimum atomic E-state index is -0.150. The van der Waals surface area contributed by atoms with Crippen LogP contribution in [-0.2, 0) is 0 Å². The van der Waals surface area contributed by atoms with E-state index in [1.165, 1.54) is 4.90 Å². The van der Waals surface area contributed by atoms with E-state index in [0.717, 1.165) is 29.8 Å². The van der Waals surface area contributed by atoms with Gasteiger partial charge in [-0.15, -0.1) is 11.8 Å². The molecule has 2 atom stereocenters. The number of urea groups is 1. The van der Waals surface area contributed by atoms with Crippen LogP contribution in [-0.4, -0.2) is 37.3 Å². The largest absolute Gasteiger partial charge is 0.331 e. The molecule has 1 heterocycles. The van der Waals surface area contributed by atoms with Gasteiger partial charge in [0.1, 0.15) is 0 Å². The molecule has 3 rings (SSSR count). The number of thioether (sulfide) groups is 1. The maximum Gasteiger partial charge on any atom is 0.315 e. The first kappa shape index (κ1) is 19.1. The van der Waals surface area contributed by atoms with Crippen molar-refractivity contribution < 1.29 is 4.79 Å². The minimum absolute atomic E-state index is 0.0132. The maximum atomic E-state index is 12.7. The van der Waals surface area contributed by atoms with Gasteiger partial charge in [-0.3, -0.25) is 0 Å². The van der Waals surface area contributed by atoms with Crippen molar-refractivity contribution in [2.24, 2.45) is 0 Å². The van der Waals surface area contributed by atoms with Crippen LogP contribution in [0.2, 0.25) is 5.02 Å². The van der Waals surface area contributed by atoms with Crippen LogP contribution in [0.3, 0.4) is 0 Å². The third kappa shape index (κ3) is 4.93. The molecule has 0 saturated heterocycles. The smallest absolute Gasteiger partial charge is 0.315 e. The van der Waals surface area contributed by atoms with E-state index >= 15 is 0 Å². The number of nitrogens with one attached hydrogen (secondary N) is 2. The van der Waals surface area contributed by atoms with Crippen LogP contribution in [0.4, 0.5) is 4.79 Å². The molecular formula is C20H24ClN3OS. The Balaban J connectivity index is 1.71. The normalized spacial score (nSPS) is 17.5. The molecule has 138 valence electrons. The first-order valence-electron chi connectivity index (χ1n) is 8.72. The van der Waals surface area contributed by atoms with E-state index in [2.05, 4.69) is 15.5 Å². The molecule has 0 bridgehead atoms. The van der Waals surface area contributed by atoms with Crippen LogP contribution in [0.15, 0.2) is 53.4 Å². The number of hydrogen-bond acceptors (Lipinski definition) is 3. The van der Waals surface area contributed by atoms with Gasteiger partial charge in [-0.1, -0.05) is 41.9 Å². The van der Waals surface area contributed by atoms with E-state index in [4.69, 9.17) is 11.6 Å². The van der Waals surface area contributed by atoms with E-state index in [-0.39, 0.29) is 18.1 Å². The lowest BCUT2D eigenvalue weighted by Crippen LogP contribution is -2.43. The van der Waals surface area contributed by atoms with Crippen molar-refractivity contribution in [1.29, 1.82) is 0 Å². The summed E-state index contributed by atoms with van der Waals surface area (Å²) in [7, 11) is 4.01. The maximum absolute atomic E-state index is 12.7. The quantitative estimate of drug-likeness (QED) is 0.792. The fraction of sp³-hybridized carbons (Fsp3) is 0.350. The zero-order chi connectivity index (χ0) is 18.5. The Labute approximate surface area is 164 Å². The fourth-order valence-corrected chi connectivity index (χ4v) is 4.44. The number of carbonyl (C=O) groups is 1. The van der Waals surface area contributed by atoms with Gasteiger partial charge in [0.2, 0.25) is 0 Å². The molecule has 1 aliphatic heterocycles. The second-order valence-electron chi connectivity index (χ2n) is 6.72. The van der Waals surface area contributed by atoms with Crippen LogP contribution >= 0.6 is 23.4 Å². The number of amides is 2. The average Bonchev–Trinajstić information content (AvgIpc) is 2.62. The highest BCUT2D eigenvalue weighted by Gasteiger charge is 2.24. The molecule has 0 saturated carbocycles. The molecule has 2 aromatic rings. The number of nitrogens with zero attached hydrogens (tertiary/aromatic N) is 1. The SMILES string of the molecule is CN(C)CC(NC(=O)NC1CCSc2ccc(Cl)cc21)c1ccccc1. The second kappa shape index (κ2) is 8.80. The molecule has 4 nitrogen and oxygen atoms in total. The summed E-state index contributed by atoms with van der Waals surface area (Å²) in [6, 6.07) is 15.7. The first-order valence-corrected chi connectivity index (χ1v) is 10.1. The third-order valence-corrected chi connectivity index (χ3v) is 5.73. The number of rotatable bonds is 5. The van der Waals surface area contributed by atoms with Crippen molar-refractivity contribution in [3.63, 3.8) is 0 Å². The van der Waals surface area contributed by atoms with Crippen LogP contribution < -0.4 is 10.6 Å². The summed E-state index contributed by atoms with van der Waals surface area (Å²) in [6.45, 7) is 0.736. The highest BCUT2D eigenvalue weighted by atomic mass is 35.5. The zero-order valence-electron chi connectivity index (χ0n) is 15.0. The monoisotopic (exact) mass is 389 g/mol. The van der Waals surface area contributed by atoms with Gasteiger partial charge in [-0.25, -0.2) is 4.79 Å². The molecule has 2 N–H and O–H groups in total. The van der Waals surface area contributed by atoms with Crippen molar-refractivity contribution >= 4 is 29.4 Å². The van der Waals surface area contributed by atoms with Crippen LogP contribution in [0.25, 0.3) is 0 Å². The molecule has 2 amide bonds. The lowest BCUT2D eigenvalue weighted by molar-refractivity contribution is 0.228. The summed E-state index contributed by atoms with van der Waals surface area (Å²) in [5, 5.41) is 6.96. The summed E-state index contributed by atoms with van der Waals surface area (Å²) in [6.07, 6.45) is 0.898. The molecule has 2 aromatic carbocycles. The number of halogens is 1. The van der Waals surface area contributed by atoms with Crippen molar-refractivity contribution in [3.05, 3.63) is 64.7 Å². The number of fused-ring (bicyclic) bond motifs is 1. The van der Waals surface area contributed by atoms with Gasteiger partial charge in [-0.2, -0.15) is 0 Å². The highest BCUT2D eigenvalue weighted by Crippen LogP contribution is 2.37. The molecule has 0 spiro atoms. The summed E-state index contributed by atoms with van der Waals surface area (Å²) in [4.78, 5) is 16.0. The number of hydrogen-bond donors (Lipinski definition) is 2. The molecule has 2 unspecified atom stereocenters. The molecule has 6 heteroatoms. The fourth-order valence-electron chi connectivity index (χ4n) is 3.16. The topological polar surface area (TPSA) is 44.4 Å². The standard InChI is InChI=1S/C20H24ClN3OS/c1-24(2)13-18(14-6-4-3-5-7-14)23-20(25)22-17-10-11-26-19-9-8-15(21)12-16(17)19/h3-9,12,17-18H,10-11,13H2,1-2H3,(H2,22,23,25). The Bertz CT molecular complexity index is 754. The Morgan fingerprint density at radius 3 is 2.77 bits per heavy atom. The van der Waals surface area contributed by atoms with E-state index < -0.39 is 0 Å². The van der Waals surface area contributed by atoms with Crippen LogP contribution in [0.1, 0.15) is 29.6 Å². The number of likely N-dealkylation sites (N-methyl/N-ethyl adjacent to an activating group) is 1. The number of benzene rings is 2. The van der Waals surface area contributed by atoms with E-state index in [9.17, 15) is 4.79 Å². The Morgan fingerprint density at radius 2 is 2.04 bits per heavy atom. The predicted molar refractivity (Wildman–Crippen MR) is 109 cm³/mol. The van der Waals surface area contributed by atoms with E-state index in [1.807, 2.05) is 74.4 Å². The molecule has 0 radical (unpaired) electrons. The lowest BCUT2D eigenvalue weighted by Gasteiger charge is -2.28. The van der Waals surface area contributed by atoms with Crippen molar-refractivity contribution in [1.82, 2.24) is 15.5 Å². The molecular weight excluding hydrogens is 366 g/mol. The van der Waals surface area contributed by atoms with E-state index in [0.29, 0.717) is 5.02 Å². The van der Waals surface area contributed by atoms with Crippen molar-refractivity contribution in [2.45, 2.75) is 23.4 Å². The van der Waals surface area contributed by atoms with Crippen LogP contribution in [0, 0.1) is 0 Å². The zero-order valence-corrected chi connectivity index (χ0v) is 16.6. The lowest BCUT2D eigenvalue weighted by atomic mass is 10.0. The third-order valence-electron chi connectivity index (χ3n) is 4.37. The average molecular weight is 390 g/mol. The highest BCUT2D eigenvalue weighted by molar-refractivity contribution is 7.99. The Hall–Kier alpha value is -1.69. The summed E-state index contributed by atoms with van der Waals surface area (Å²) < 4.78 is 0. The van der Waals surface area contributed by atoms with Crippen LogP contribution in [0.5, 0.6) is 0 Å². The van der Waals surface area contributed by atoms with Gasteiger partial charge in [-0.05, 0) is 49.8 Å². The first-order chi connectivity index (χ1) is 12.5. The summed E-state index contributed by atoms with van der Waals surface area (Å²) >= 11 is 7.97. The number of carbonyl (C=O) groups excluding carboxylic acids is 1. The molecule has 0 aliphatic carbocycles. The summed E-state index contributed by atoms with van der Waals surface area (Å²) in [5.41, 5.74) is 2.20. The molecule has 1 aliphatic rings. The van der Waals surface area contributed by atoms with E-state index in [1.54, 1.807) is 0 Å². The van der Waals surface area contributed by atoms with Gasteiger partial charge in [0.15, 0.2) is 0 Å². The van der Waals surface area contributed by atoms with Crippen molar-refractivity contribution in [2.75, 3.05) is 26.4 Å². The summed E-state index contributed by atoms with van der Waals surface area (Å²) in [5.74, 6) is 0.986. The second-order valence-corrected chi connectivity index (χ2v) is 8.29. The van der Waals surface area contributed by atoms with Gasteiger partial charge in [0.25, 0.3) is 0 Å². The molecule has 26 heavy (non-hydrogen) atoms.